The molecule has 3 aromatic carbocycles. The van der Waals surface area contributed by atoms with E-state index in [1.807, 2.05) is 58.0 Å². The van der Waals surface area contributed by atoms with Crippen LogP contribution >= 0.6 is 0 Å². The third-order valence-electron chi connectivity index (χ3n) is 5.81. The highest BCUT2D eigenvalue weighted by atomic mass is 15.4. The Morgan fingerprint density at radius 1 is 0.556 bits per heavy atom. The summed E-state index contributed by atoms with van der Waals surface area (Å²) in [5, 5.41) is 16.7. The Morgan fingerprint density at radius 3 is 1.56 bits per heavy atom. The normalized spacial score (nSPS) is 10.6. The van der Waals surface area contributed by atoms with E-state index in [1.165, 1.54) is 36.0 Å². The van der Waals surface area contributed by atoms with Gasteiger partial charge in [-0.25, -0.2) is 9.36 Å². The highest BCUT2D eigenvalue weighted by Crippen LogP contribution is 2.08. The summed E-state index contributed by atoms with van der Waals surface area (Å²) in [5.41, 5.74) is 5.86. The van der Waals surface area contributed by atoms with E-state index in [4.69, 9.17) is 0 Å². The molecule has 0 saturated carbocycles. The van der Waals surface area contributed by atoms with Gasteiger partial charge in [0.1, 0.15) is 0 Å². The summed E-state index contributed by atoms with van der Waals surface area (Å²) >= 11 is 0. The van der Waals surface area contributed by atoms with Gasteiger partial charge in [0, 0.05) is 18.8 Å². The van der Waals surface area contributed by atoms with E-state index >= 15 is 0 Å². The molecule has 6 nitrogen and oxygen atoms in total. The van der Waals surface area contributed by atoms with Gasteiger partial charge >= 0.3 is 0 Å². The first-order valence-corrected chi connectivity index (χ1v) is 12.7. The van der Waals surface area contributed by atoms with Crippen molar-refractivity contribution in [2.45, 2.75) is 52.1 Å². The van der Waals surface area contributed by atoms with Crippen LogP contribution in [0.4, 0.5) is 0 Å². The molecule has 2 aromatic heterocycles. The van der Waals surface area contributed by atoms with Crippen LogP contribution in [0.25, 0.3) is 0 Å². The molecule has 0 fully saturated rings. The lowest BCUT2D eigenvalue weighted by molar-refractivity contribution is 0.648. The molecular formula is C30H34N6. The molecule has 5 aromatic rings. The van der Waals surface area contributed by atoms with Gasteiger partial charge < -0.3 is 0 Å². The number of nitrogens with zero attached hydrogens (tertiary/aromatic N) is 6. The molecule has 0 amide bonds. The van der Waals surface area contributed by atoms with Gasteiger partial charge in [-0.3, -0.25) is 0 Å². The molecular weight excluding hydrogens is 444 g/mol. The van der Waals surface area contributed by atoms with Crippen LogP contribution in [0, 0.1) is 0 Å². The Morgan fingerprint density at radius 2 is 1.03 bits per heavy atom. The third kappa shape index (κ3) is 8.31. The molecule has 0 saturated heterocycles. The highest BCUT2D eigenvalue weighted by molar-refractivity contribution is 5.20. The Kier molecular flexibility index (Phi) is 9.55. The third-order valence-corrected chi connectivity index (χ3v) is 5.81. The van der Waals surface area contributed by atoms with Gasteiger partial charge in [-0.15, -0.1) is 10.2 Å². The average Bonchev–Trinajstić information content (AvgIpc) is 3.55. The van der Waals surface area contributed by atoms with E-state index < -0.39 is 0 Å². The number of rotatable bonds is 10. The topological polar surface area (TPSA) is 61.4 Å². The maximum atomic E-state index is 4.22. The van der Waals surface area contributed by atoms with Crippen LogP contribution in [0.3, 0.4) is 0 Å². The molecule has 0 bridgehead atoms. The first-order valence-electron chi connectivity index (χ1n) is 12.7. The number of aromatic nitrogens is 6. The summed E-state index contributed by atoms with van der Waals surface area (Å²) in [6, 6.07) is 31.0. The minimum Gasteiger partial charge on any atom is -0.248 e. The maximum absolute atomic E-state index is 4.22. The Labute approximate surface area is 213 Å². The van der Waals surface area contributed by atoms with Crippen LogP contribution in [0.5, 0.6) is 0 Å². The van der Waals surface area contributed by atoms with Crippen molar-refractivity contribution in [3.63, 3.8) is 0 Å². The summed E-state index contributed by atoms with van der Waals surface area (Å²) < 4.78 is 3.80. The molecule has 5 rings (SSSR count). The van der Waals surface area contributed by atoms with E-state index in [-0.39, 0.29) is 0 Å². The zero-order chi connectivity index (χ0) is 24.8. The first kappa shape index (κ1) is 25.0. The van der Waals surface area contributed by atoms with E-state index in [0.29, 0.717) is 0 Å². The Hall–Kier alpha value is -4.06. The fraction of sp³-hybridized carbons (Fsp3) is 0.267. The van der Waals surface area contributed by atoms with Crippen LogP contribution in [-0.4, -0.2) is 30.0 Å². The fourth-order valence-corrected chi connectivity index (χ4v) is 3.93. The van der Waals surface area contributed by atoms with Crippen molar-refractivity contribution in [1.29, 1.82) is 0 Å². The van der Waals surface area contributed by atoms with Crippen LogP contribution in [0.1, 0.15) is 54.3 Å². The lowest BCUT2D eigenvalue weighted by atomic mass is 10.1. The molecule has 0 N–H and O–H groups in total. The van der Waals surface area contributed by atoms with E-state index in [9.17, 15) is 0 Å². The lowest BCUT2D eigenvalue weighted by Gasteiger charge is -1.99. The van der Waals surface area contributed by atoms with Gasteiger partial charge in [0.25, 0.3) is 0 Å². The highest BCUT2D eigenvalue weighted by Gasteiger charge is 2.03. The fourth-order valence-electron chi connectivity index (χ4n) is 3.93. The summed E-state index contributed by atoms with van der Waals surface area (Å²) in [6.07, 6.45) is 9.67. The van der Waals surface area contributed by atoms with E-state index in [1.54, 1.807) is 0 Å². The smallest absolute Gasteiger partial charge is 0.0871 e. The molecule has 36 heavy (non-hydrogen) atoms. The second kappa shape index (κ2) is 13.7. The van der Waals surface area contributed by atoms with Gasteiger partial charge in [-0.2, -0.15) is 0 Å². The van der Waals surface area contributed by atoms with E-state index in [2.05, 4.69) is 82.3 Å². The number of hydrogen-bond donors (Lipinski definition) is 0. The molecule has 0 radical (unpaired) electrons. The minimum atomic E-state index is 0.766. The summed E-state index contributed by atoms with van der Waals surface area (Å²) in [6.45, 7) is 3.79. The van der Waals surface area contributed by atoms with Crippen LogP contribution in [0.15, 0.2) is 103 Å². The SMILES string of the molecule is CCCCCc1cn(Cc2ccccc2)nn1.c1ccc(Cc2cn(Cc3ccccc3)nn2)cc1. The second-order valence-electron chi connectivity index (χ2n) is 8.91. The largest absolute Gasteiger partial charge is 0.248 e. The van der Waals surface area contributed by atoms with Gasteiger partial charge in [-0.1, -0.05) is 121 Å². The first-order chi connectivity index (χ1) is 17.8. The van der Waals surface area contributed by atoms with Crippen molar-refractivity contribution in [3.05, 3.63) is 131 Å². The number of hydrogen-bond acceptors (Lipinski definition) is 4. The maximum Gasteiger partial charge on any atom is 0.0871 e. The van der Waals surface area contributed by atoms with Gasteiger partial charge in [0.15, 0.2) is 0 Å². The standard InChI is InChI=1S/C16H15N3.C14H19N3/c1-3-7-14(8-4-1)11-16-13-19(18-17-16)12-15-9-5-2-6-10-15;1-2-3-5-10-14-12-17(16-15-14)11-13-8-6-4-7-9-13/h1-10,13H,11-12H2;4,6-9,12H,2-3,5,10-11H2,1H3. The van der Waals surface area contributed by atoms with Crippen LogP contribution in [0.2, 0.25) is 0 Å². The molecule has 184 valence electrons. The van der Waals surface area contributed by atoms with Crippen molar-refractivity contribution in [2.24, 2.45) is 0 Å². The Bertz CT molecular complexity index is 1210. The Balaban J connectivity index is 0.000000170. The molecule has 6 heteroatoms. The minimum absolute atomic E-state index is 0.766. The average molecular weight is 479 g/mol. The van der Waals surface area contributed by atoms with E-state index in [0.717, 1.165) is 37.3 Å². The number of unbranched alkanes of at least 4 members (excludes halogenated alkanes) is 2. The molecule has 0 aliphatic heterocycles. The van der Waals surface area contributed by atoms with Gasteiger partial charge in [-0.05, 0) is 29.5 Å². The molecule has 0 atom stereocenters. The molecule has 0 spiro atoms. The molecule has 0 aliphatic carbocycles. The van der Waals surface area contributed by atoms with Crippen molar-refractivity contribution in [1.82, 2.24) is 30.0 Å². The van der Waals surface area contributed by atoms with Gasteiger partial charge in [0.2, 0.25) is 0 Å². The number of aryl methyl sites for hydroxylation is 1. The van der Waals surface area contributed by atoms with Crippen molar-refractivity contribution in [2.75, 3.05) is 0 Å². The monoisotopic (exact) mass is 478 g/mol. The second-order valence-corrected chi connectivity index (χ2v) is 8.91. The summed E-state index contributed by atoms with van der Waals surface area (Å²) in [7, 11) is 0. The van der Waals surface area contributed by atoms with Crippen LogP contribution < -0.4 is 0 Å². The van der Waals surface area contributed by atoms with Gasteiger partial charge in [0.05, 0.1) is 24.5 Å². The van der Waals surface area contributed by atoms with Crippen molar-refractivity contribution in [3.8, 4) is 0 Å². The van der Waals surface area contributed by atoms with Crippen LogP contribution in [-0.2, 0) is 25.9 Å². The summed E-state index contributed by atoms with van der Waals surface area (Å²) in [5.74, 6) is 0. The number of benzene rings is 3. The van der Waals surface area contributed by atoms with Crippen molar-refractivity contribution >= 4 is 0 Å². The quantitative estimate of drug-likeness (QED) is 0.232. The zero-order valence-electron chi connectivity index (χ0n) is 20.9. The van der Waals surface area contributed by atoms with Crippen molar-refractivity contribution < 1.29 is 0 Å². The predicted octanol–water partition coefficient (Wildman–Crippen LogP) is 5.98. The lowest BCUT2D eigenvalue weighted by Crippen LogP contribution is -1.99. The predicted molar refractivity (Wildman–Crippen MR) is 144 cm³/mol. The summed E-state index contributed by atoms with van der Waals surface area (Å²) in [4.78, 5) is 0. The molecule has 2 heterocycles. The molecule has 0 aliphatic rings. The molecule has 0 unspecified atom stereocenters. The zero-order valence-corrected chi connectivity index (χ0v) is 20.9.